The number of pyridine rings is 1. The van der Waals surface area contributed by atoms with Crippen LogP contribution in [0.4, 0.5) is 8.78 Å². The van der Waals surface area contributed by atoms with Crippen molar-refractivity contribution in [1.82, 2.24) is 9.97 Å². The van der Waals surface area contributed by atoms with Gasteiger partial charge in [-0.15, -0.1) is 0 Å². The van der Waals surface area contributed by atoms with Gasteiger partial charge in [-0.2, -0.15) is 8.78 Å². The van der Waals surface area contributed by atoms with Crippen LogP contribution in [0.1, 0.15) is 0 Å². The van der Waals surface area contributed by atoms with Gasteiger partial charge >= 0.3 is 6.61 Å². The van der Waals surface area contributed by atoms with E-state index in [1.807, 2.05) is 6.07 Å². The normalized spacial score (nSPS) is 11.1. The SMILES string of the molecule is FC(F)Oc1ccccc1-c1ccnc2[nH]ccc12. The number of nitrogens with zero attached hydrogens (tertiary/aromatic N) is 1. The van der Waals surface area contributed by atoms with Crippen molar-refractivity contribution in [2.75, 3.05) is 0 Å². The molecule has 96 valence electrons. The Kier molecular flexibility index (Phi) is 2.87. The average molecular weight is 260 g/mol. The van der Waals surface area contributed by atoms with Crippen LogP contribution in [-0.2, 0) is 0 Å². The molecular formula is C14H10F2N2O. The van der Waals surface area contributed by atoms with Crippen molar-refractivity contribution in [3.63, 3.8) is 0 Å². The molecule has 3 nitrogen and oxygen atoms in total. The monoisotopic (exact) mass is 260 g/mol. The molecule has 0 saturated carbocycles. The highest BCUT2D eigenvalue weighted by molar-refractivity contribution is 5.94. The summed E-state index contributed by atoms with van der Waals surface area (Å²) >= 11 is 0. The Morgan fingerprint density at radius 3 is 2.74 bits per heavy atom. The molecule has 0 saturated heterocycles. The summed E-state index contributed by atoms with van der Waals surface area (Å²) in [6.45, 7) is -2.84. The first-order valence-corrected chi connectivity index (χ1v) is 5.72. The van der Waals surface area contributed by atoms with E-state index in [1.54, 1.807) is 36.7 Å². The highest BCUT2D eigenvalue weighted by atomic mass is 19.3. The fourth-order valence-corrected chi connectivity index (χ4v) is 2.08. The molecule has 0 amide bonds. The molecule has 0 aliphatic carbocycles. The molecule has 0 spiro atoms. The molecule has 1 aromatic carbocycles. The van der Waals surface area contributed by atoms with Crippen LogP contribution in [0.15, 0.2) is 48.8 Å². The van der Waals surface area contributed by atoms with Crippen LogP contribution in [-0.4, -0.2) is 16.6 Å². The second-order valence-corrected chi connectivity index (χ2v) is 3.97. The van der Waals surface area contributed by atoms with Crippen molar-refractivity contribution in [3.8, 4) is 16.9 Å². The number of alkyl halides is 2. The second-order valence-electron chi connectivity index (χ2n) is 3.97. The van der Waals surface area contributed by atoms with Gasteiger partial charge in [-0.1, -0.05) is 18.2 Å². The molecule has 0 radical (unpaired) electrons. The van der Waals surface area contributed by atoms with Crippen molar-refractivity contribution >= 4 is 11.0 Å². The zero-order chi connectivity index (χ0) is 13.2. The lowest BCUT2D eigenvalue weighted by Gasteiger charge is -2.11. The molecule has 3 rings (SSSR count). The van der Waals surface area contributed by atoms with E-state index < -0.39 is 6.61 Å². The molecule has 0 aliphatic heterocycles. The number of fused-ring (bicyclic) bond motifs is 1. The summed E-state index contributed by atoms with van der Waals surface area (Å²) in [5.74, 6) is 0.159. The van der Waals surface area contributed by atoms with Gasteiger partial charge in [0.1, 0.15) is 11.4 Å². The van der Waals surface area contributed by atoms with Gasteiger partial charge in [-0.3, -0.25) is 0 Å². The number of hydrogen-bond donors (Lipinski definition) is 1. The first kappa shape index (κ1) is 11.6. The molecule has 0 fully saturated rings. The Balaban J connectivity index is 2.18. The summed E-state index contributed by atoms with van der Waals surface area (Å²) in [5, 5.41) is 0.868. The Hall–Kier alpha value is -2.43. The summed E-state index contributed by atoms with van der Waals surface area (Å²) in [6, 6.07) is 10.4. The number of aromatic nitrogens is 2. The Labute approximate surface area is 107 Å². The molecule has 2 heterocycles. The van der Waals surface area contributed by atoms with Gasteiger partial charge in [-0.25, -0.2) is 4.98 Å². The summed E-state index contributed by atoms with van der Waals surface area (Å²) in [4.78, 5) is 7.16. The van der Waals surface area contributed by atoms with Crippen molar-refractivity contribution < 1.29 is 13.5 Å². The third-order valence-electron chi connectivity index (χ3n) is 2.85. The molecule has 2 aromatic heterocycles. The van der Waals surface area contributed by atoms with Crippen LogP contribution in [0.25, 0.3) is 22.2 Å². The van der Waals surface area contributed by atoms with Crippen LogP contribution in [0.5, 0.6) is 5.75 Å². The second kappa shape index (κ2) is 4.68. The minimum atomic E-state index is -2.84. The number of rotatable bonds is 3. The number of H-pyrrole nitrogens is 1. The Bertz CT molecular complexity index is 709. The molecule has 0 unspecified atom stereocenters. The number of benzene rings is 1. The summed E-state index contributed by atoms with van der Waals surface area (Å²) < 4.78 is 29.4. The highest BCUT2D eigenvalue weighted by Gasteiger charge is 2.13. The lowest BCUT2D eigenvalue weighted by Crippen LogP contribution is -2.03. The first-order chi connectivity index (χ1) is 9.25. The van der Waals surface area contributed by atoms with E-state index in [0.29, 0.717) is 11.2 Å². The fraction of sp³-hybridized carbons (Fsp3) is 0.0714. The zero-order valence-electron chi connectivity index (χ0n) is 9.81. The number of nitrogens with one attached hydrogen (secondary N) is 1. The standard InChI is InChI=1S/C14H10F2N2O/c15-14(16)19-12-4-2-1-3-10(12)9-5-7-17-13-11(9)6-8-18-13/h1-8,14H,(H,17,18). The lowest BCUT2D eigenvalue weighted by atomic mass is 10.0. The van der Waals surface area contributed by atoms with Crippen LogP contribution in [0.3, 0.4) is 0 Å². The molecule has 1 N–H and O–H groups in total. The zero-order valence-corrected chi connectivity index (χ0v) is 9.81. The smallest absolute Gasteiger partial charge is 0.387 e. The van der Waals surface area contributed by atoms with Crippen molar-refractivity contribution in [1.29, 1.82) is 0 Å². The van der Waals surface area contributed by atoms with Crippen molar-refractivity contribution in [2.45, 2.75) is 6.61 Å². The van der Waals surface area contributed by atoms with E-state index in [0.717, 1.165) is 10.9 Å². The van der Waals surface area contributed by atoms with E-state index in [1.165, 1.54) is 6.07 Å². The predicted octanol–water partition coefficient (Wildman–Crippen LogP) is 3.83. The topological polar surface area (TPSA) is 37.9 Å². The number of aromatic amines is 1. The van der Waals surface area contributed by atoms with E-state index in [9.17, 15) is 8.78 Å². The van der Waals surface area contributed by atoms with Crippen LogP contribution >= 0.6 is 0 Å². The third-order valence-corrected chi connectivity index (χ3v) is 2.85. The number of para-hydroxylation sites is 1. The number of ether oxygens (including phenoxy) is 1. The number of halogens is 2. The van der Waals surface area contributed by atoms with Crippen LogP contribution in [0.2, 0.25) is 0 Å². The maximum atomic E-state index is 12.4. The predicted molar refractivity (Wildman–Crippen MR) is 68.2 cm³/mol. The molecule has 0 aliphatic rings. The van der Waals surface area contributed by atoms with E-state index in [4.69, 9.17) is 0 Å². The van der Waals surface area contributed by atoms with Crippen LogP contribution in [0, 0.1) is 0 Å². The molecule has 0 bridgehead atoms. The van der Waals surface area contributed by atoms with E-state index in [2.05, 4.69) is 14.7 Å². The van der Waals surface area contributed by atoms with Crippen molar-refractivity contribution in [2.24, 2.45) is 0 Å². The van der Waals surface area contributed by atoms with Gasteiger partial charge in [0, 0.05) is 23.3 Å². The molecule has 3 aromatic rings. The third kappa shape index (κ3) is 2.14. The Morgan fingerprint density at radius 1 is 1.05 bits per heavy atom. The highest BCUT2D eigenvalue weighted by Crippen LogP contribution is 2.34. The van der Waals surface area contributed by atoms with Gasteiger partial charge in [0.25, 0.3) is 0 Å². The lowest BCUT2D eigenvalue weighted by molar-refractivity contribution is -0.0494. The molecular weight excluding hydrogens is 250 g/mol. The summed E-state index contributed by atoms with van der Waals surface area (Å²) in [5.41, 5.74) is 2.14. The van der Waals surface area contributed by atoms with Gasteiger partial charge < -0.3 is 9.72 Å². The molecule has 19 heavy (non-hydrogen) atoms. The minimum Gasteiger partial charge on any atom is -0.434 e. The summed E-state index contributed by atoms with van der Waals surface area (Å²) in [6.07, 6.45) is 3.39. The van der Waals surface area contributed by atoms with Crippen molar-refractivity contribution in [3.05, 3.63) is 48.8 Å². The maximum Gasteiger partial charge on any atom is 0.387 e. The fourth-order valence-electron chi connectivity index (χ4n) is 2.08. The van der Waals surface area contributed by atoms with Gasteiger partial charge in [0.05, 0.1) is 0 Å². The molecule has 5 heteroatoms. The summed E-state index contributed by atoms with van der Waals surface area (Å²) in [7, 11) is 0. The van der Waals surface area contributed by atoms with Gasteiger partial charge in [-0.05, 0) is 23.8 Å². The minimum absolute atomic E-state index is 0.159. The Morgan fingerprint density at radius 2 is 1.89 bits per heavy atom. The quantitative estimate of drug-likeness (QED) is 0.777. The van der Waals surface area contributed by atoms with E-state index >= 15 is 0 Å². The average Bonchev–Trinajstić information content (AvgIpc) is 2.87. The van der Waals surface area contributed by atoms with E-state index in [-0.39, 0.29) is 5.75 Å². The van der Waals surface area contributed by atoms with Crippen LogP contribution < -0.4 is 4.74 Å². The van der Waals surface area contributed by atoms with Gasteiger partial charge in [0.15, 0.2) is 0 Å². The first-order valence-electron chi connectivity index (χ1n) is 5.72. The molecule has 0 atom stereocenters. The number of hydrogen-bond acceptors (Lipinski definition) is 2. The largest absolute Gasteiger partial charge is 0.434 e. The van der Waals surface area contributed by atoms with Gasteiger partial charge in [0.2, 0.25) is 0 Å². The maximum absolute atomic E-state index is 12.4.